The predicted octanol–water partition coefficient (Wildman–Crippen LogP) is 1.35. The third-order valence-electron chi connectivity index (χ3n) is 4.60. The Morgan fingerprint density at radius 2 is 1.90 bits per heavy atom. The Morgan fingerprint density at radius 1 is 1.14 bits per heavy atom. The number of anilines is 1. The van der Waals surface area contributed by atoms with E-state index in [1.165, 1.54) is 6.26 Å². The predicted molar refractivity (Wildman–Crippen MR) is 110 cm³/mol. The number of hydrogen-bond acceptors (Lipinski definition) is 5. The summed E-state index contributed by atoms with van der Waals surface area (Å²) in [4.78, 5) is 36.8. The summed E-state index contributed by atoms with van der Waals surface area (Å²) in [5.41, 5.74) is 0.853. The normalized spacial score (nSPS) is 14.6. The van der Waals surface area contributed by atoms with Gasteiger partial charge in [0.05, 0.1) is 6.26 Å². The van der Waals surface area contributed by atoms with Crippen LogP contribution in [0.25, 0.3) is 0 Å². The van der Waals surface area contributed by atoms with Crippen LogP contribution in [0.15, 0.2) is 46.0 Å². The maximum absolute atomic E-state index is 12.3. The first kappa shape index (κ1) is 20.4. The fourth-order valence-electron chi connectivity index (χ4n) is 3.12. The van der Waals surface area contributed by atoms with Crippen molar-refractivity contribution in [3.63, 3.8) is 0 Å². The van der Waals surface area contributed by atoms with E-state index < -0.39 is 0 Å². The van der Waals surface area contributed by atoms with Gasteiger partial charge in [-0.1, -0.05) is 6.07 Å². The third-order valence-corrected chi connectivity index (χ3v) is 4.60. The molecule has 9 heteroatoms. The van der Waals surface area contributed by atoms with E-state index in [0.29, 0.717) is 50.7 Å². The number of furan rings is 1. The number of nitrogens with zero attached hydrogens (tertiary/aromatic N) is 4. The Bertz CT molecular complexity index is 857. The van der Waals surface area contributed by atoms with Crippen LogP contribution in [0.4, 0.5) is 5.82 Å². The van der Waals surface area contributed by atoms with Crippen LogP contribution in [0.3, 0.4) is 0 Å². The molecule has 29 heavy (non-hydrogen) atoms. The first-order chi connectivity index (χ1) is 14.1. The van der Waals surface area contributed by atoms with Gasteiger partial charge in [0.2, 0.25) is 5.91 Å². The van der Waals surface area contributed by atoms with Crippen LogP contribution in [0.5, 0.6) is 0 Å². The van der Waals surface area contributed by atoms with E-state index in [1.54, 1.807) is 30.1 Å². The lowest BCUT2D eigenvalue weighted by atomic mass is 10.3. The number of aliphatic imine (C=N–C) groups is 1. The molecule has 0 aliphatic carbocycles. The van der Waals surface area contributed by atoms with Crippen LogP contribution in [-0.4, -0.2) is 72.3 Å². The lowest BCUT2D eigenvalue weighted by Crippen LogP contribution is -2.54. The maximum atomic E-state index is 12.3. The van der Waals surface area contributed by atoms with E-state index in [0.717, 1.165) is 11.7 Å². The molecule has 2 amide bonds. The highest BCUT2D eigenvalue weighted by Crippen LogP contribution is 2.09. The monoisotopic (exact) mass is 398 g/mol. The van der Waals surface area contributed by atoms with Gasteiger partial charge in [-0.2, -0.15) is 0 Å². The number of amides is 2. The van der Waals surface area contributed by atoms with Crippen molar-refractivity contribution in [3.05, 3.63) is 48.0 Å². The first-order valence-electron chi connectivity index (χ1n) is 9.58. The number of piperazine rings is 1. The van der Waals surface area contributed by atoms with E-state index in [2.05, 4.69) is 25.5 Å². The Hall–Kier alpha value is -3.36. The van der Waals surface area contributed by atoms with Gasteiger partial charge in [0.15, 0.2) is 11.7 Å². The van der Waals surface area contributed by atoms with Crippen molar-refractivity contribution in [2.24, 2.45) is 4.99 Å². The number of aromatic nitrogens is 1. The fourth-order valence-corrected chi connectivity index (χ4v) is 3.12. The van der Waals surface area contributed by atoms with Gasteiger partial charge in [-0.3, -0.25) is 14.6 Å². The van der Waals surface area contributed by atoms with Crippen molar-refractivity contribution >= 4 is 23.6 Å². The van der Waals surface area contributed by atoms with Gasteiger partial charge < -0.3 is 24.9 Å². The number of rotatable bonds is 5. The van der Waals surface area contributed by atoms with Crippen LogP contribution < -0.4 is 10.6 Å². The molecule has 0 unspecified atom stereocenters. The molecule has 2 aromatic rings. The molecule has 1 aliphatic heterocycles. The lowest BCUT2D eigenvalue weighted by Gasteiger charge is -2.36. The Labute approximate surface area is 169 Å². The zero-order chi connectivity index (χ0) is 20.6. The van der Waals surface area contributed by atoms with Gasteiger partial charge in [-0.05, 0) is 31.2 Å². The minimum atomic E-state index is -0.111. The van der Waals surface area contributed by atoms with E-state index in [4.69, 9.17) is 4.42 Å². The van der Waals surface area contributed by atoms with E-state index >= 15 is 0 Å². The van der Waals surface area contributed by atoms with Crippen molar-refractivity contribution in [2.75, 3.05) is 45.1 Å². The Kier molecular flexibility index (Phi) is 6.83. The van der Waals surface area contributed by atoms with Crippen molar-refractivity contribution in [3.8, 4) is 0 Å². The summed E-state index contributed by atoms with van der Waals surface area (Å²) in [7, 11) is 1.71. The summed E-state index contributed by atoms with van der Waals surface area (Å²) in [6, 6.07) is 8.88. The lowest BCUT2D eigenvalue weighted by molar-refractivity contribution is -0.116. The molecule has 2 aromatic heterocycles. The summed E-state index contributed by atoms with van der Waals surface area (Å²) in [5, 5.41) is 6.00. The number of carbonyl (C=O) groups is 2. The Balaban J connectivity index is 1.41. The summed E-state index contributed by atoms with van der Waals surface area (Å²) < 4.78 is 5.19. The van der Waals surface area contributed by atoms with E-state index in [1.807, 2.05) is 19.1 Å². The second-order valence-electron chi connectivity index (χ2n) is 6.69. The van der Waals surface area contributed by atoms with Crippen LogP contribution >= 0.6 is 0 Å². The van der Waals surface area contributed by atoms with Crippen LogP contribution in [0, 0.1) is 6.92 Å². The molecule has 2 N–H and O–H groups in total. The highest BCUT2D eigenvalue weighted by atomic mass is 16.3. The van der Waals surface area contributed by atoms with Crippen molar-refractivity contribution < 1.29 is 14.0 Å². The zero-order valence-electron chi connectivity index (χ0n) is 16.7. The number of carbonyl (C=O) groups excluding carboxylic acids is 2. The molecule has 9 nitrogen and oxygen atoms in total. The van der Waals surface area contributed by atoms with Gasteiger partial charge >= 0.3 is 0 Å². The molecule has 1 fully saturated rings. The largest absolute Gasteiger partial charge is 0.459 e. The fraction of sp³-hybridized carbons (Fsp3) is 0.400. The highest BCUT2D eigenvalue weighted by Gasteiger charge is 2.25. The molecule has 3 heterocycles. The topological polar surface area (TPSA) is 103 Å². The van der Waals surface area contributed by atoms with E-state index in [9.17, 15) is 9.59 Å². The average Bonchev–Trinajstić information content (AvgIpc) is 3.26. The maximum Gasteiger partial charge on any atom is 0.289 e. The molecule has 3 rings (SSSR count). The molecular formula is C20H26N6O3. The van der Waals surface area contributed by atoms with Gasteiger partial charge in [0.1, 0.15) is 5.82 Å². The second-order valence-corrected chi connectivity index (χ2v) is 6.69. The van der Waals surface area contributed by atoms with Gasteiger partial charge in [-0.15, -0.1) is 0 Å². The molecular weight excluding hydrogens is 372 g/mol. The third kappa shape index (κ3) is 5.56. The minimum Gasteiger partial charge on any atom is -0.459 e. The molecule has 0 aromatic carbocycles. The number of nitrogens with one attached hydrogen (secondary N) is 2. The quantitative estimate of drug-likeness (QED) is 0.582. The SMILES string of the molecule is CN=C(NCCC(=O)Nc1cccc(C)n1)N1CCN(C(=O)c2ccco2)CC1. The van der Waals surface area contributed by atoms with Crippen molar-refractivity contribution in [1.82, 2.24) is 20.1 Å². The van der Waals surface area contributed by atoms with Gasteiger partial charge in [0.25, 0.3) is 5.91 Å². The number of aryl methyl sites for hydroxylation is 1. The molecule has 154 valence electrons. The number of hydrogen-bond donors (Lipinski definition) is 2. The highest BCUT2D eigenvalue weighted by molar-refractivity contribution is 5.92. The Morgan fingerprint density at radius 3 is 2.55 bits per heavy atom. The minimum absolute atomic E-state index is 0.0981. The number of guanidine groups is 1. The molecule has 0 saturated carbocycles. The molecule has 0 bridgehead atoms. The second kappa shape index (κ2) is 9.72. The summed E-state index contributed by atoms with van der Waals surface area (Å²) >= 11 is 0. The molecule has 1 saturated heterocycles. The summed E-state index contributed by atoms with van der Waals surface area (Å²) in [6.07, 6.45) is 1.80. The van der Waals surface area contributed by atoms with Gasteiger partial charge in [-0.25, -0.2) is 4.98 Å². The summed E-state index contributed by atoms with van der Waals surface area (Å²) in [6.45, 7) is 4.82. The summed E-state index contributed by atoms with van der Waals surface area (Å²) in [5.74, 6) is 1.42. The van der Waals surface area contributed by atoms with E-state index in [-0.39, 0.29) is 11.8 Å². The van der Waals surface area contributed by atoms with Crippen LogP contribution in [-0.2, 0) is 4.79 Å². The molecule has 0 radical (unpaired) electrons. The van der Waals surface area contributed by atoms with Crippen LogP contribution in [0.2, 0.25) is 0 Å². The number of pyridine rings is 1. The van der Waals surface area contributed by atoms with Crippen LogP contribution in [0.1, 0.15) is 22.7 Å². The standard InChI is InChI=1S/C20H26N6O3/c1-15-5-3-7-17(23-15)24-18(27)8-9-22-20(21-2)26-12-10-25(11-13-26)19(28)16-6-4-14-29-16/h3-7,14H,8-13H2,1-2H3,(H,21,22)(H,23,24,27). The van der Waals surface area contributed by atoms with Gasteiger partial charge in [0, 0.05) is 51.9 Å². The van der Waals surface area contributed by atoms with Crippen molar-refractivity contribution in [2.45, 2.75) is 13.3 Å². The van der Waals surface area contributed by atoms with Crippen molar-refractivity contribution in [1.29, 1.82) is 0 Å². The smallest absolute Gasteiger partial charge is 0.289 e. The molecule has 1 aliphatic rings. The zero-order valence-corrected chi connectivity index (χ0v) is 16.7. The molecule has 0 spiro atoms. The average molecular weight is 398 g/mol. The first-order valence-corrected chi connectivity index (χ1v) is 9.58. The molecule has 0 atom stereocenters.